The number of ether oxygens (including phenoxy) is 3. The zero-order valence-corrected chi connectivity index (χ0v) is 27.3. The molecule has 1 aromatic rings. The van der Waals surface area contributed by atoms with Gasteiger partial charge in [0.1, 0.15) is 0 Å². The van der Waals surface area contributed by atoms with Crippen LogP contribution in [0.1, 0.15) is 78.4 Å². The molecule has 1 heterocycles. The van der Waals surface area contributed by atoms with Crippen molar-refractivity contribution in [1.82, 2.24) is 15.1 Å². The standard InChI is InChI=1S/C33H55N3O6/c1-10-23(4)31(35(6)29(37)19-22(2)3)27(40-7)20-30(38)36-18-14-17-26(36)32(42-9)24(5)33(39)34-21-28(41-8)25-15-12-11-13-16-25/h11-13,15-16,22-24,26-28,31-32H,10,14,17-21H2,1-9H3,(H,34,39)/t23-,24?,26-,27+,28+,31?,32?/m0/s1. The van der Waals surface area contributed by atoms with E-state index in [1.807, 2.05) is 63.1 Å². The molecule has 1 N–H and O–H groups in total. The van der Waals surface area contributed by atoms with Crippen LogP contribution in [0.3, 0.4) is 0 Å². The minimum Gasteiger partial charge on any atom is -0.379 e. The van der Waals surface area contributed by atoms with Gasteiger partial charge in [0.15, 0.2) is 0 Å². The van der Waals surface area contributed by atoms with E-state index in [4.69, 9.17) is 14.2 Å². The number of amides is 3. The van der Waals surface area contributed by atoms with Crippen LogP contribution in [0, 0.1) is 17.8 Å². The number of likely N-dealkylation sites (N-methyl/N-ethyl adjacent to an activating group) is 1. The first-order chi connectivity index (χ1) is 20.0. The molecular formula is C33H55N3O6. The van der Waals surface area contributed by atoms with Crippen molar-refractivity contribution >= 4 is 17.7 Å². The first-order valence-electron chi connectivity index (χ1n) is 15.5. The van der Waals surface area contributed by atoms with Crippen LogP contribution in [-0.2, 0) is 28.6 Å². The Hall–Kier alpha value is -2.49. The highest BCUT2D eigenvalue weighted by Gasteiger charge is 2.42. The molecule has 1 aromatic carbocycles. The van der Waals surface area contributed by atoms with Gasteiger partial charge in [0.25, 0.3) is 0 Å². The zero-order valence-electron chi connectivity index (χ0n) is 27.3. The molecule has 0 spiro atoms. The Morgan fingerprint density at radius 3 is 2.21 bits per heavy atom. The van der Waals surface area contributed by atoms with Crippen LogP contribution in [-0.4, -0.2) is 93.3 Å². The Morgan fingerprint density at radius 2 is 1.67 bits per heavy atom. The van der Waals surface area contributed by atoms with E-state index in [0.29, 0.717) is 19.5 Å². The third kappa shape index (κ3) is 9.51. The van der Waals surface area contributed by atoms with Gasteiger partial charge in [-0.3, -0.25) is 14.4 Å². The monoisotopic (exact) mass is 589 g/mol. The lowest BCUT2D eigenvalue weighted by Crippen LogP contribution is -2.53. The highest BCUT2D eigenvalue weighted by Crippen LogP contribution is 2.29. The molecule has 0 aliphatic carbocycles. The summed E-state index contributed by atoms with van der Waals surface area (Å²) >= 11 is 0. The molecule has 42 heavy (non-hydrogen) atoms. The fourth-order valence-corrected chi connectivity index (χ4v) is 6.18. The second kappa shape index (κ2) is 17.6. The van der Waals surface area contributed by atoms with Gasteiger partial charge in [-0.05, 0) is 30.2 Å². The fourth-order valence-electron chi connectivity index (χ4n) is 6.18. The second-order valence-electron chi connectivity index (χ2n) is 12.1. The minimum absolute atomic E-state index is 0.0412. The number of rotatable bonds is 17. The molecule has 1 aliphatic heterocycles. The zero-order chi connectivity index (χ0) is 31.4. The van der Waals surface area contributed by atoms with Gasteiger partial charge in [-0.25, -0.2) is 0 Å². The van der Waals surface area contributed by atoms with Gasteiger partial charge in [0.05, 0.1) is 42.7 Å². The average molecular weight is 590 g/mol. The smallest absolute Gasteiger partial charge is 0.225 e. The highest BCUT2D eigenvalue weighted by molar-refractivity contribution is 5.80. The van der Waals surface area contributed by atoms with E-state index in [9.17, 15) is 14.4 Å². The van der Waals surface area contributed by atoms with Crippen molar-refractivity contribution in [2.24, 2.45) is 17.8 Å². The third-order valence-electron chi connectivity index (χ3n) is 8.80. The van der Waals surface area contributed by atoms with Gasteiger partial charge in [-0.1, -0.05) is 71.4 Å². The molecule has 0 radical (unpaired) electrons. The summed E-state index contributed by atoms with van der Waals surface area (Å²) in [6, 6.07) is 9.33. The number of methoxy groups -OCH3 is 3. The summed E-state index contributed by atoms with van der Waals surface area (Å²) in [5, 5.41) is 3.02. The topological polar surface area (TPSA) is 97.4 Å². The molecule has 1 fully saturated rings. The van der Waals surface area contributed by atoms with E-state index < -0.39 is 18.1 Å². The third-order valence-corrected chi connectivity index (χ3v) is 8.80. The van der Waals surface area contributed by atoms with E-state index in [-0.39, 0.29) is 54.2 Å². The van der Waals surface area contributed by atoms with Gasteiger partial charge >= 0.3 is 0 Å². The lowest BCUT2D eigenvalue weighted by Gasteiger charge is -2.39. The van der Waals surface area contributed by atoms with Crippen LogP contribution in [0.25, 0.3) is 0 Å². The summed E-state index contributed by atoms with van der Waals surface area (Å²) < 4.78 is 17.4. The maximum absolute atomic E-state index is 13.8. The van der Waals surface area contributed by atoms with Crippen molar-refractivity contribution in [3.63, 3.8) is 0 Å². The molecule has 9 heteroatoms. The van der Waals surface area contributed by atoms with Crippen LogP contribution in [0.5, 0.6) is 0 Å². The van der Waals surface area contributed by atoms with E-state index >= 15 is 0 Å². The number of likely N-dealkylation sites (tertiary alicyclic amines) is 1. The number of benzene rings is 1. The van der Waals surface area contributed by atoms with Gasteiger partial charge in [-0.2, -0.15) is 0 Å². The minimum atomic E-state index is -0.479. The average Bonchev–Trinajstić information content (AvgIpc) is 3.46. The van der Waals surface area contributed by atoms with Crippen molar-refractivity contribution in [3.05, 3.63) is 35.9 Å². The first kappa shape index (κ1) is 35.7. The molecule has 7 atom stereocenters. The Morgan fingerprint density at radius 1 is 1.00 bits per heavy atom. The number of carbonyl (C=O) groups is 3. The van der Waals surface area contributed by atoms with Crippen LogP contribution < -0.4 is 5.32 Å². The van der Waals surface area contributed by atoms with E-state index in [1.54, 1.807) is 26.2 Å². The summed E-state index contributed by atoms with van der Waals surface area (Å²) in [7, 11) is 6.67. The number of nitrogens with one attached hydrogen (secondary N) is 1. The fraction of sp³-hybridized carbons (Fsp3) is 0.727. The highest BCUT2D eigenvalue weighted by atomic mass is 16.5. The number of hydrogen-bond acceptors (Lipinski definition) is 6. The van der Waals surface area contributed by atoms with Gasteiger partial charge < -0.3 is 29.3 Å². The maximum Gasteiger partial charge on any atom is 0.225 e. The van der Waals surface area contributed by atoms with Crippen molar-refractivity contribution in [3.8, 4) is 0 Å². The number of carbonyl (C=O) groups excluding carboxylic acids is 3. The van der Waals surface area contributed by atoms with Crippen LogP contribution in [0.4, 0.5) is 0 Å². The second-order valence-corrected chi connectivity index (χ2v) is 12.1. The van der Waals surface area contributed by atoms with Crippen LogP contribution in [0.15, 0.2) is 30.3 Å². The van der Waals surface area contributed by atoms with Crippen LogP contribution in [0.2, 0.25) is 0 Å². The van der Waals surface area contributed by atoms with Gasteiger partial charge in [-0.15, -0.1) is 0 Å². The summed E-state index contributed by atoms with van der Waals surface area (Å²) in [4.78, 5) is 43.7. The van der Waals surface area contributed by atoms with E-state index in [1.165, 1.54) is 0 Å². The molecular weight excluding hydrogens is 534 g/mol. The van der Waals surface area contributed by atoms with Crippen molar-refractivity contribution < 1.29 is 28.6 Å². The predicted octanol–water partition coefficient (Wildman–Crippen LogP) is 4.46. The Labute approximate surface area is 253 Å². The molecule has 2 rings (SSSR count). The molecule has 1 saturated heterocycles. The van der Waals surface area contributed by atoms with E-state index in [0.717, 1.165) is 24.8 Å². The number of hydrogen-bond donors (Lipinski definition) is 1. The normalized spacial score (nSPS) is 19.6. The first-order valence-corrected chi connectivity index (χ1v) is 15.5. The summed E-state index contributed by atoms with van der Waals surface area (Å²) in [6.45, 7) is 11.0. The Balaban J connectivity index is 2.13. The molecule has 9 nitrogen and oxygen atoms in total. The molecule has 3 amide bonds. The molecule has 1 aliphatic rings. The molecule has 238 valence electrons. The molecule has 0 bridgehead atoms. The maximum atomic E-state index is 13.8. The van der Waals surface area contributed by atoms with Crippen molar-refractivity contribution in [2.75, 3.05) is 41.5 Å². The molecule has 0 saturated carbocycles. The summed E-state index contributed by atoms with van der Waals surface area (Å²) in [6.07, 6.45) is 1.89. The lowest BCUT2D eigenvalue weighted by molar-refractivity contribution is -0.146. The van der Waals surface area contributed by atoms with E-state index in [2.05, 4.69) is 19.2 Å². The van der Waals surface area contributed by atoms with Gasteiger partial charge in [0, 0.05) is 47.9 Å². The summed E-state index contributed by atoms with van der Waals surface area (Å²) in [5.41, 5.74) is 0.990. The lowest BCUT2D eigenvalue weighted by atomic mass is 9.90. The largest absolute Gasteiger partial charge is 0.379 e. The SMILES string of the molecule is CC[C@H](C)C([C@@H](CC(=O)N1CCC[C@H]1C(OC)C(C)C(=O)NC[C@@H](OC)c1ccccc1)OC)N(C)C(=O)CC(C)C. The van der Waals surface area contributed by atoms with Crippen LogP contribution >= 0.6 is 0 Å². The van der Waals surface area contributed by atoms with Crippen molar-refractivity contribution in [1.29, 1.82) is 0 Å². The van der Waals surface area contributed by atoms with Gasteiger partial charge in [0.2, 0.25) is 17.7 Å². The van der Waals surface area contributed by atoms with Crippen molar-refractivity contribution in [2.45, 2.75) is 97.1 Å². The number of nitrogens with zero attached hydrogens (tertiary/aromatic N) is 2. The summed E-state index contributed by atoms with van der Waals surface area (Å²) in [5.74, 6) is -0.204. The Kier molecular flexibility index (Phi) is 14.9. The Bertz CT molecular complexity index is 974. The molecule has 3 unspecified atom stereocenters. The predicted molar refractivity (Wildman–Crippen MR) is 165 cm³/mol. The quantitative estimate of drug-likeness (QED) is 0.288. The molecule has 0 aromatic heterocycles.